The lowest BCUT2D eigenvalue weighted by Crippen LogP contribution is -1.78. The van der Waals surface area contributed by atoms with Gasteiger partial charge in [-0.25, -0.2) is 9.97 Å². The quantitative estimate of drug-likeness (QED) is 0.472. The second-order valence-corrected chi connectivity index (χ2v) is 6.93. The van der Waals surface area contributed by atoms with E-state index in [9.17, 15) is 0 Å². The summed E-state index contributed by atoms with van der Waals surface area (Å²) in [6.45, 7) is 0. The molecule has 2 aromatic carbocycles. The molecule has 4 aromatic rings. The first-order valence-corrected chi connectivity index (χ1v) is 8.49. The lowest BCUT2D eigenvalue weighted by Gasteiger charge is -1.90. The smallest absolute Gasteiger partial charge is 0.257 e. The Bertz CT molecular complexity index is 899. The molecule has 0 saturated heterocycles. The van der Waals surface area contributed by atoms with E-state index in [1.807, 2.05) is 30.3 Å². The van der Waals surface area contributed by atoms with Crippen molar-refractivity contribution in [2.45, 2.75) is 11.0 Å². The van der Waals surface area contributed by atoms with E-state index < -0.39 is 0 Å². The molecule has 0 aliphatic rings. The number of thioether (sulfide) groups is 1. The number of thiazole rings is 1. The van der Waals surface area contributed by atoms with Gasteiger partial charge in [-0.1, -0.05) is 35.5 Å². The molecular formula is C15H9ClN2OS2. The summed E-state index contributed by atoms with van der Waals surface area (Å²) in [6.07, 6.45) is 0. The first-order chi connectivity index (χ1) is 10.3. The van der Waals surface area contributed by atoms with Crippen molar-refractivity contribution in [3.05, 3.63) is 52.5 Å². The fourth-order valence-corrected chi connectivity index (χ4v) is 4.01. The number of aromatic nitrogens is 2. The topological polar surface area (TPSA) is 38.9 Å². The molecule has 0 amide bonds. The first-order valence-electron chi connectivity index (χ1n) is 6.31. The Morgan fingerprint density at radius 1 is 1.10 bits per heavy atom. The lowest BCUT2D eigenvalue weighted by atomic mass is 10.3. The van der Waals surface area contributed by atoms with Crippen LogP contribution in [-0.2, 0) is 5.75 Å². The Morgan fingerprint density at radius 2 is 2.00 bits per heavy atom. The number of nitrogens with zero attached hydrogens (tertiary/aromatic N) is 2. The van der Waals surface area contributed by atoms with Crippen LogP contribution in [0, 0.1) is 0 Å². The van der Waals surface area contributed by atoms with Crippen LogP contribution in [0.4, 0.5) is 0 Å². The summed E-state index contributed by atoms with van der Waals surface area (Å²) in [5.41, 5.74) is 2.59. The van der Waals surface area contributed by atoms with Gasteiger partial charge in [-0.05, 0) is 30.3 Å². The van der Waals surface area contributed by atoms with Gasteiger partial charge in [0, 0.05) is 5.02 Å². The number of hydrogen-bond acceptors (Lipinski definition) is 5. The van der Waals surface area contributed by atoms with Gasteiger partial charge in [0.15, 0.2) is 5.58 Å². The summed E-state index contributed by atoms with van der Waals surface area (Å²) in [4.78, 5) is 9.03. The fraction of sp³-hybridized carbons (Fsp3) is 0.0667. The molecule has 4 rings (SSSR count). The molecule has 0 radical (unpaired) electrons. The number of rotatable bonds is 3. The molecule has 6 heteroatoms. The van der Waals surface area contributed by atoms with E-state index in [0.29, 0.717) is 10.2 Å². The van der Waals surface area contributed by atoms with E-state index in [4.69, 9.17) is 16.0 Å². The van der Waals surface area contributed by atoms with Gasteiger partial charge in [-0.3, -0.25) is 0 Å². The molecule has 2 aromatic heterocycles. The largest absolute Gasteiger partial charge is 0.431 e. The van der Waals surface area contributed by atoms with E-state index in [-0.39, 0.29) is 0 Å². The molecule has 3 nitrogen and oxygen atoms in total. The van der Waals surface area contributed by atoms with Crippen LogP contribution in [-0.4, -0.2) is 9.97 Å². The van der Waals surface area contributed by atoms with Crippen LogP contribution in [0.2, 0.25) is 5.02 Å². The van der Waals surface area contributed by atoms with Crippen LogP contribution in [0.3, 0.4) is 0 Å². The molecule has 2 heterocycles. The van der Waals surface area contributed by atoms with E-state index in [0.717, 1.165) is 27.4 Å². The minimum Gasteiger partial charge on any atom is -0.431 e. The van der Waals surface area contributed by atoms with Crippen molar-refractivity contribution in [2.24, 2.45) is 0 Å². The van der Waals surface area contributed by atoms with Crippen molar-refractivity contribution < 1.29 is 4.42 Å². The van der Waals surface area contributed by atoms with Crippen LogP contribution >= 0.6 is 34.7 Å². The molecule has 0 bridgehead atoms. The van der Waals surface area contributed by atoms with Crippen molar-refractivity contribution in [3.8, 4) is 0 Å². The Hall–Kier alpha value is -1.56. The van der Waals surface area contributed by atoms with Crippen LogP contribution < -0.4 is 0 Å². The molecule has 0 N–H and O–H groups in total. The maximum absolute atomic E-state index is 5.95. The van der Waals surface area contributed by atoms with Crippen molar-refractivity contribution >= 4 is 56.0 Å². The molecule has 0 spiro atoms. The molecule has 0 aliphatic heterocycles. The van der Waals surface area contributed by atoms with Gasteiger partial charge >= 0.3 is 0 Å². The fourth-order valence-electron chi connectivity index (χ4n) is 2.05. The zero-order valence-electron chi connectivity index (χ0n) is 10.7. The third kappa shape index (κ3) is 2.64. The summed E-state index contributed by atoms with van der Waals surface area (Å²) in [5.74, 6) is 0.750. The zero-order chi connectivity index (χ0) is 14.2. The van der Waals surface area contributed by atoms with Crippen LogP contribution in [0.1, 0.15) is 5.01 Å². The SMILES string of the molecule is Clc1ccc2oc(SCc3nc4ccccc4s3)nc2c1. The minimum absolute atomic E-state index is 0.645. The predicted molar refractivity (Wildman–Crippen MR) is 88.2 cm³/mol. The average Bonchev–Trinajstić information content (AvgIpc) is 3.07. The highest BCUT2D eigenvalue weighted by Gasteiger charge is 2.09. The normalized spacial score (nSPS) is 11.5. The summed E-state index contributed by atoms with van der Waals surface area (Å²) >= 11 is 9.20. The van der Waals surface area contributed by atoms with Gasteiger partial charge in [-0.2, -0.15) is 0 Å². The molecular weight excluding hydrogens is 324 g/mol. The molecule has 0 aliphatic carbocycles. The predicted octanol–water partition coefficient (Wildman–Crippen LogP) is 5.38. The number of fused-ring (bicyclic) bond motifs is 2. The van der Waals surface area contributed by atoms with Gasteiger partial charge < -0.3 is 4.42 Å². The van der Waals surface area contributed by atoms with Gasteiger partial charge in [0.2, 0.25) is 0 Å². The monoisotopic (exact) mass is 332 g/mol. The van der Waals surface area contributed by atoms with Crippen molar-refractivity contribution in [1.29, 1.82) is 0 Å². The van der Waals surface area contributed by atoms with Crippen molar-refractivity contribution in [1.82, 2.24) is 9.97 Å². The minimum atomic E-state index is 0.645. The maximum Gasteiger partial charge on any atom is 0.257 e. The average molecular weight is 333 g/mol. The van der Waals surface area contributed by atoms with Crippen LogP contribution in [0.15, 0.2) is 52.1 Å². The molecule has 104 valence electrons. The molecule has 0 fully saturated rings. The summed E-state index contributed by atoms with van der Waals surface area (Å²) in [5, 5.41) is 2.38. The van der Waals surface area contributed by atoms with Gasteiger partial charge in [0.25, 0.3) is 5.22 Å². The number of hydrogen-bond donors (Lipinski definition) is 0. The lowest BCUT2D eigenvalue weighted by molar-refractivity contribution is 0.489. The second-order valence-electron chi connectivity index (χ2n) is 4.46. The number of benzene rings is 2. The Labute approximate surface area is 134 Å². The highest BCUT2D eigenvalue weighted by Crippen LogP contribution is 2.30. The number of oxazole rings is 1. The molecule has 0 saturated carbocycles. The maximum atomic E-state index is 5.95. The third-order valence-electron chi connectivity index (χ3n) is 2.99. The second kappa shape index (κ2) is 5.33. The summed E-state index contributed by atoms with van der Waals surface area (Å²) in [6, 6.07) is 13.6. The molecule has 0 atom stereocenters. The number of para-hydroxylation sites is 1. The Morgan fingerprint density at radius 3 is 2.90 bits per heavy atom. The van der Waals surface area contributed by atoms with Gasteiger partial charge in [0.1, 0.15) is 10.5 Å². The Kier molecular flexibility index (Phi) is 3.33. The van der Waals surface area contributed by atoms with Gasteiger partial charge in [0.05, 0.1) is 16.0 Å². The van der Waals surface area contributed by atoms with Crippen LogP contribution in [0.5, 0.6) is 0 Å². The van der Waals surface area contributed by atoms with Gasteiger partial charge in [-0.15, -0.1) is 11.3 Å². The standard InChI is InChI=1S/C15H9ClN2OS2/c16-9-5-6-12-11(7-9)18-15(19-12)20-8-14-17-10-3-1-2-4-13(10)21-14/h1-7H,8H2. The van der Waals surface area contributed by atoms with E-state index in [1.165, 1.54) is 4.70 Å². The number of halogens is 1. The van der Waals surface area contributed by atoms with E-state index in [2.05, 4.69) is 16.0 Å². The molecule has 0 unspecified atom stereocenters. The Balaban J connectivity index is 1.57. The van der Waals surface area contributed by atoms with Crippen LogP contribution in [0.25, 0.3) is 21.3 Å². The zero-order valence-corrected chi connectivity index (χ0v) is 13.1. The first kappa shape index (κ1) is 13.1. The highest BCUT2D eigenvalue weighted by molar-refractivity contribution is 7.98. The summed E-state index contributed by atoms with van der Waals surface area (Å²) < 4.78 is 6.89. The van der Waals surface area contributed by atoms with E-state index >= 15 is 0 Å². The van der Waals surface area contributed by atoms with E-state index in [1.54, 1.807) is 29.2 Å². The summed E-state index contributed by atoms with van der Waals surface area (Å²) in [7, 11) is 0. The van der Waals surface area contributed by atoms with Crippen molar-refractivity contribution in [3.63, 3.8) is 0 Å². The van der Waals surface area contributed by atoms with Crippen molar-refractivity contribution in [2.75, 3.05) is 0 Å². The highest BCUT2D eigenvalue weighted by atomic mass is 35.5. The molecule has 21 heavy (non-hydrogen) atoms. The third-order valence-corrected chi connectivity index (χ3v) is 5.28.